The van der Waals surface area contributed by atoms with E-state index >= 15 is 0 Å². The lowest BCUT2D eigenvalue weighted by Gasteiger charge is -2.27. The quantitative estimate of drug-likeness (QED) is 0.804. The van der Waals surface area contributed by atoms with Gasteiger partial charge in [-0.2, -0.15) is 0 Å². The van der Waals surface area contributed by atoms with Gasteiger partial charge in [0.15, 0.2) is 0 Å². The van der Waals surface area contributed by atoms with E-state index in [-0.39, 0.29) is 0 Å². The van der Waals surface area contributed by atoms with Gasteiger partial charge in [-0.05, 0) is 50.4 Å². The number of nitrogens with zero attached hydrogens (tertiary/aromatic N) is 1. The van der Waals surface area contributed by atoms with Crippen LogP contribution in [0.3, 0.4) is 0 Å². The molecular formula is C17H23NO. The molecule has 1 atom stereocenters. The number of rotatable bonds is 5. The lowest BCUT2D eigenvalue weighted by Crippen LogP contribution is -2.37. The molecule has 102 valence electrons. The second-order valence-corrected chi connectivity index (χ2v) is 5.64. The molecule has 19 heavy (non-hydrogen) atoms. The van der Waals surface area contributed by atoms with Crippen LogP contribution < -0.4 is 0 Å². The molecule has 2 heteroatoms. The van der Waals surface area contributed by atoms with Crippen molar-refractivity contribution in [1.82, 2.24) is 4.90 Å². The van der Waals surface area contributed by atoms with Gasteiger partial charge in [0.25, 0.3) is 0 Å². The Morgan fingerprint density at radius 2 is 1.89 bits per heavy atom. The molecule has 0 radical (unpaired) electrons. The molecule has 1 aromatic carbocycles. The summed E-state index contributed by atoms with van der Waals surface area (Å²) in [6, 6.07) is 7.23. The summed E-state index contributed by atoms with van der Waals surface area (Å²) in [5, 5.41) is 1.25. The number of fused-ring (bicyclic) bond motifs is 3. The Balaban J connectivity index is 1.86. The molecule has 0 fully saturated rings. The summed E-state index contributed by atoms with van der Waals surface area (Å²) >= 11 is 0. The molecule has 0 saturated heterocycles. The lowest BCUT2D eigenvalue weighted by molar-refractivity contribution is 0.202. The van der Waals surface area contributed by atoms with Crippen molar-refractivity contribution in [2.45, 2.75) is 45.6 Å². The van der Waals surface area contributed by atoms with E-state index in [2.05, 4.69) is 36.9 Å². The van der Waals surface area contributed by atoms with Crippen LogP contribution in [0.4, 0.5) is 0 Å². The maximum Gasteiger partial charge on any atom is 0.137 e. The lowest BCUT2D eigenvalue weighted by atomic mass is 10.1. The zero-order valence-electron chi connectivity index (χ0n) is 12.0. The van der Waals surface area contributed by atoms with Crippen molar-refractivity contribution in [3.05, 3.63) is 35.6 Å². The molecule has 2 nitrogen and oxygen atoms in total. The summed E-state index contributed by atoms with van der Waals surface area (Å²) < 4.78 is 5.69. The van der Waals surface area contributed by atoms with Gasteiger partial charge in [0.2, 0.25) is 0 Å². The zero-order valence-corrected chi connectivity index (χ0v) is 12.0. The smallest absolute Gasteiger partial charge is 0.137 e. The molecule has 1 heterocycles. The molecule has 0 N–H and O–H groups in total. The maximum atomic E-state index is 5.69. The van der Waals surface area contributed by atoms with Gasteiger partial charge < -0.3 is 4.42 Å². The molecular weight excluding hydrogens is 234 g/mol. The highest BCUT2D eigenvalue weighted by atomic mass is 16.3. The fourth-order valence-electron chi connectivity index (χ4n) is 3.42. The third kappa shape index (κ3) is 2.30. The Labute approximate surface area is 115 Å². The van der Waals surface area contributed by atoms with E-state index in [0.29, 0.717) is 6.04 Å². The first-order valence-electron chi connectivity index (χ1n) is 7.55. The summed E-state index contributed by atoms with van der Waals surface area (Å²) in [4.78, 5) is 2.66. The van der Waals surface area contributed by atoms with Crippen molar-refractivity contribution in [2.75, 3.05) is 13.1 Å². The second-order valence-electron chi connectivity index (χ2n) is 5.64. The molecule has 0 saturated carbocycles. The van der Waals surface area contributed by atoms with Gasteiger partial charge in [0.1, 0.15) is 5.58 Å². The van der Waals surface area contributed by atoms with Crippen molar-refractivity contribution in [1.29, 1.82) is 0 Å². The minimum absolute atomic E-state index is 0.672. The molecule has 0 amide bonds. The van der Waals surface area contributed by atoms with E-state index in [0.717, 1.165) is 12.0 Å². The largest absolute Gasteiger partial charge is 0.464 e. The minimum atomic E-state index is 0.672. The first-order valence-corrected chi connectivity index (χ1v) is 7.55. The molecule has 0 bridgehead atoms. The topological polar surface area (TPSA) is 16.4 Å². The van der Waals surface area contributed by atoms with E-state index in [9.17, 15) is 0 Å². The second kappa shape index (κ2) is 5.38. The molecule has 1 aliphatic rings. The van der Waals surface area contributed by atoms with E-state index < -0.39 is 0 Å². The number of benzene rings is 1. The molecule has 2 aromatic rings. The molecule has 0 spiro atoms. The SMILES string of the molecule is CCCN(CCC)C1Cc2ccc3ccoc3c2C1. The van der Waals surface area contributed by atoms with Crippen LogP contribution in [-0.4, -0.2) is 24.0 Å². The van der Waals surface area contributed by atoms with Crippen LogP contribution >= 0.6 is 0 Å². The molecule has 1 unspecified atom stereocenters. The summed E-state index contributed by atoms with van der Waals surface area (Å²) in [5.41, 5.74) is 4.06. The van der Waals surface area contributed by atoms with Gasteiger partial charge in [0, 0.05) is 17.0 Å². The highest BCUT2D eigenvalue weighted by Crippen LogP contribution is 2.32. The van der Waals surface area contributed by atoms with Crippen LogP contribution in [0.5, 0.6) is 0 Å². The fourth-order valence-corrected chi connectivity index (χ4v) is 3.42. The van der Waals surface area contributed by atoms with Crippen molar-refractivity contribution in [2.24, 2.45) is 0 Å². The minimum Gasteiger partial charge on any atom is -0.464 e. The van der Waals surface area contributed by atoms with Gasteiger partial charge in [0.05, 0.1) is 6.26 Å². The molecule has 0 aliphatic heterocycles. The van der Waals surface area contributed by atoms with Crippen molar-refractivity contribution in [3.63, 3.8) is 0 Å². The van der Waals surface area contributed by atoms with Crippen LogP contribution in [0.1, 0.15) is 37.8 Å². The van der Waals surface area contributed by atoms with Gasteiger partial charge in [-0.3, -0.25) is 4.90 Å². The molecule has 1 aliphatic carbocycles. The number of hydrogen-bond acceptors (Lipinski definition) is 2. The van der Waals surface area contributed by atoms with Crippen LogP contribution in [0, 0.1) is 0 Å². The Bertz CT molecular complexity index is 551. The Hall–Kier alpha value is -1.28. The van der Waals surface area contributed by atoms with Gasteiger partial charge in [-0.15, -0.1) is 0 Å². The molecule has 1 aromatic heterocycles. The van der Waals surface area contributed by atoms with Gasteiger partial charge in [-0.25, -0.2) is 0 Å². The standard InChI is InChI=1S/C17H23NO/c1-3-8-18(9-4-2)15-11-14-6-5-13-7-10-19-17(13)16(14)12-15/h5-7,10,15H,3-4,8-9,11-12H2,1-2H3. The van der Waals surface area contributed by atoms with E-state index in [1.807, 2.05) is 6.26 Å². The monoisotopic (exact) mass is 257 g/mol. The summed E-state index contributed by atoms with van der Waals surface area (Å²) in [6.07, 6.45) is 6.63. The summed E-state index contributed by atoms with van der Waals surface area (Å²) in [6.45, 7) is 6.98. The number of furan rings is 1. The average molecular weight is 257 g/mol. The highest BCUT2D eigenvalue weighted by molar-refractivity contribution is 5.82. The van der Waals surface area contributed by atoms with Crippen LogP contribution in [0.15, 0.2) is 28.9 Å². The van der Waals surface area contributed by atoms with Crippen molar-refractivity contribution < 1.29 is 4.42 Å². The summed E-state index contributed by atoms with van der Waals surface area (Å²) in [5.74, 6) is 0. The van der Waals surface area contributed by atoms with Crippen LogP contribution in [0.2, 0.25) is 0 Å². The average Bonchev–Trinajstić information content (AvgIpc) is 3.03. The first kappa shape index (κ1) is 12.7. The van der Waals surface area contributed by atoms with Crippen LogP contribution in [0.25, 0.3) is 11.0 Å². The van der Waals surface area contributed by atoms with Gasteiger partial charge in [-0.1, -0.05) is 26.0 Å². The third-order valence-corrected chi connectivity index (χ3v) is 4.25. The fraction of sp³-hybridized carbons (Fsp3) is 0.529. The summed E-state index contributed by atoms with van der Waals surface area (Å²) in [7, 11) is 0. The highest BCUT2D eigenvalue weighted by Gasteiger charge is 2.28. The Kier molecular flexibility index (Phi) is 3.61. The van der Waals surface area contributed by atoms with Gasteiger partial charge >= 0.3 is 0 Å². The maximum absolute atomic E-state index is 5.69. The third-order valence-electron chi connectivity index (χ3n) is 4.25. The Morgan fingerprint density at radius 3 is 2.63 bits per heavy atom. The number of hydrogen-bond donors (Lipinski definition) is 0. The van der Waals surface area contributed by atoms with E-state index in [4.69, 9.17) is 4.42 Å². The molecule has 3 rings (SSSR count). The first-order chi connectivity index (χ1) is 9.33. The van der Waals surface area contributed by atoms with E-state index in [1.54, 1.807) is 0 Å². The zero-order chi connectivity index (χ0) is 13.2. The predicted octanol–water partition coefficient (Wildman–Crippen LogP) is 4.02. The normalized spacial score (nSPS) is 18.4. The Morgan fingerprint density at radius 1 is 1.11 bits per heavy atom. The van der Waals surface area contributed by atoms with Crippen molar-refractivity contribution >= 4 is 11.0 Å². The van der Waals surface area contributed by atoms with E-state index in [1.165, 1.54) is 48.9 Å². The van der Waals surface area contributed by atoms with Crippen molar-refractivity contribution in [3.8, 4) is 0 Å². The predicted molar refractivity (Wildman–Crippen MR) is 79.6 cm³/mol. The van der Waals surface area contributed by atoms with Crippen LogP contribution in [-0.2, 0) is 12.8 Å².